The molecular weight excluding hydrogens is 250 g/mol. The Morgan fingerprint density at radius 2 is 2.00 bits per heavy atom. The molecule has 0 radical (unpaired) electrons. The van der Waals surface area contributed by atoms with Crippen molar-refractivity contribution in [2.45, 2.75) is 34.2 Å². The van der Waals surface area contributed by atoms with Gasteiger partial charge in [0.05, 0.1) is 11.3 Å². The first kappa shape index (κ1) is 14.6. The highest BCUT2D eigenvalue weighted by Crippen LogP contribution is 2.30. The molecule has 1 aromatic heterocycles. The topological polar surface area (TPSA) is 39.1 Å². The summed E-state index contributed by atoms with van der Waals surface area (Å²) in [6, 6.07) is 6.11. The van der Waals surface area contributed by atoms with Crippen molar-refractivity contribution >= 4 is 0 Å². The molecule has 4 heteroatoms. The monoisotopic (exact) mass is 273 g/mol. The molecule has 0 bridgehead atoms. The van der Waals surface area contributed by atoms with E-state index in [0.29, 0.717) is 0 Å². The van der Waals surface area contributed by atoms with Crippen molar-refractivity contribution in [3.8, 4) is 11.6 Å². The number of hydrogen-bond acceptors (Lipinski definition) is 3. The molecule has 0 aliphatic carbocycles. The maximum Gasteiger partial charge on any atom is 0.222 e. The summed E-state index contributed by atoms with van der Waals surface area (Å²) < 4.78 is 7.94. The molecule has 1 aromatic carbocycles. The zero-order valence-corrected chi connectivity index (χ0v) is 12.9. The molecule has 0 saturated heterocycles. The fraction of sp³-hybridized carbons (Fsp3) is 0.438. The molecule has 1 heterocycles. The largest absolute Gasteiger partial charge is 0.439 e. The van der Waals surface area contributed by atoms with Gasteiger partial charge in [-0.15, -0.1) is 0 Å². The Kier molecular flexibility index (Phi) is 4.45. The summed E-state index contributed by atoms with van der Waals surface area (Å²) in [5.41, 5.74) is 4.53. The Hall–Kier alpha value is -1.81. The normalized spacial score (nSPS) is 10.8. The second-order valence-electron chi connectivity index (χ2n) is 5.07. The first-order valence-electron chi connectivity index (χ1n) is 7.01. The molecule has 2 aromatic rings. The number of aryl methyl sites for hydroxylation is 3. The Morgan fingerprint density at radius 1 is 1.25 bits per heavy atom. The fourth-order valence-corrected chi connectivity index (χ4v) is 2.20. The van der Waals surface area contributed by atoms with Crippen LogP contribution in [0.1, 0.15) is 29.3 Å². The average Bonchev–Trinajstić information content (AvgIpc) is 2.67. The van der Waals surface area contributed by atoms with Gasteiger partial charge >= 0.3 is 0 Å². The molecule has 4 nitrogen and oxygen atoms in total. The minimum Gasteiger partial charge on any atom is -0.439 e. The van der Waals surface area contributed by atoms with Crippen LogP contribution in [0.2, 0.25) is 0 Å². The molecule has 0 spiro atoms. The third kappa shape index (κ3) is 2.85. The fourth-order valence-electron chi connectivity index (χ4n) is 2.20. The lowest BCUT2D eigenvalue weighted by molar-refractivity contribution is 0.421. The molecule has 0 aliphatic heterocycles. The van der Waals surface area contributed by atoms with Crippen LogP contribution in [0, 0.1) is 20.8 Å². The highest BCUT2D eigenvalue weighted by atomic mass is 16.5. The van der Waals surface area contributed by atoms with Crippen molar-refractivity contribution in [1.82, 2.24) is 15.1 Å². The summed E-state index contributed by atoms with van der Waals surface area (Å²) in [5, 5.41) is 7.80. The minimum absolute atomic E-state index is 0.774. The molecule has 0 aliphatic rings. The van der Waals surface area contributed by atoms with Crippen LogP contribution < -0.4 is 10.1 Å². The van der Waals surface area contributed by atoms with E-state index in [1.165, 1.54) is 11.1 Å². The summed E-state index contributed by atoms with van der Waals surface area (Å²) in [6.45, 7) is 9.99. The summed E-state index contributed by atoms with van der Waals surface area (Å²) >= 11 is 0. The molecule has 0 saturated carbocycles. The lowest BCUT2D eigenvalue weighted by Crippen LogP contribution is -2.13. The Labute approximate surface area is 120 Å². The molecule has 2 rings (SSSR count). The van der Waals surface area contributed by atoms with Gasteiger partial charge in [-0.2, -0.15) is 5.10 Å². The first-order valence-corrected chi connectivity index (χ1v) is 7.01. The van der Waals surface area contributed by atoms with Crippen LogP contribution in [-0.4, -0.2) is 16.3 Å². The molecule has 20 heavy (non-hydrogen) atoms. The molecular formula is C16H23N3O. The predicted molar refractivity (Wildman–Crippen MR) is 81.3 cm³/mol. The van der Waals surface area contributed by atoms with E-state index in [9.17, 15) is 0 Å². The van der Waals surface area contributed by atoms with E-state index in [-0.39, 0.29) is 0 Å². The van der Waals surface area contributed by atoms with E-state index in [0.717, 1.165) is 36.0 Å². The van der Waals surface area contributed by atoms with Crippen molar-refractivity contribution in [2.24, 2.45) is 7.05 Å². The van der Waals surface area contributed by atoms with Crippen molar-refractivity contribution in [1.29, 1.82) is 0 Å². The van der Waals surface area contributed by atoms with Gasteiger partial charge in [-0.25, -0.2) is 4.68 Å². The zero-order chi connectivity index (χ0) is 14.7. The van der Waals surface area contributed by atoms with Gasteiger partial charge < -0.3 is 10.1 Å². The lowest BCUT2D eigenvalue weighted by atomic mass is 10.1. The highest BCUT2D eigenvalue weighted by Gasteiger charge is 2.16. The van der Waals surface area contributed by atoms with E-state index in [1.807, 2.05) is 30.8 Å². The number of hydrogen-bond donors (Lipinski definition) is 1. The van der Waals surface area contributed by atoms with Gasteiger partial charge in [-0.1, -0.05) is 19.1 Å². The van der Waals surface area contributed by atoms with Crippen LogP contribution in [0.4, 0.5) is 0 Å². The van der Waals surface area contributed by atoms with Gasteiger partial charge in [0.2, 0.25) is 5.88 Å². The number of rotatable bonds is 5. The van der Waals surface area contributed by atoms with Crippen LogP contribution in [0.5, 0.6) is 11.6 Å². The summed E-state index contributed by atoms with van der Waals surface area (Å²) in [4.78, 5) is 0. The molecule has 0 atom stereocenters. The van der Waals surface area contributed by atoms with E-state index >= 15 is 0 Å². The van der Waals surface area contributed by atoms with Crippen molar-refractivity contribution in [2.75, 3.05) is 6.54 Å². The van der Waals surface area contributed by atoms with E-state index in [1.54, 1.807) is 0 Å². The second-order valence-corrected chi connectivity index (χ2v) is 5.07. The van der Waals surface area contributed by atoms with Crippen LogP contribution in [-0.2, 0) is 13.6 Å². The zero-order valence-electron chi connectivity index (χ0n) is 12.9. The Morgan fingerprint density at radius 3 is 2.70 bits per heavy atom. The van der Waals surface area contributed by atoms with E-state index < -0.39 is 0 Å². The van der Waals surface area contributed by atoms with Crippen molar-refractivity contribution < 1.29 is 4.74 Å². The Bertz CT molecular complexity index is 602. The SMILES string of the molecule is CCNCc1c(C)nn(C)c1Oc1cccc(C)c1C. The van der Waals surface area contributed by atoms with Crippen molar-refractivity contribution in [3.63, 3.8) is 0 Å². The van der Waals surface area contributed by atoms with Crippen LogP contribution in [0.25, 0.3) is 0 Å². The molecule has 0 unspecified atom stereocenters. The van der Waals surface area contributed by atoms with Crippen LogP contribution in [0.15, 0.2) is 18.2 Å². The van der Waals surface area contributed by atoms with Crippen LogP contribution >= 0.6 is 0 Å². The molecule has 108 valence electrons. The second kappa shape index (κ2) is 6.09. The number of nitrogens with one attached hydrogen (secondary N) is 1. The standard InChI is InChI=1S/C16H23N3O/c1-6-17-10-14-13(4)18-19(5)16(14)20-15-9-7-8-11(2)12(15)3/h7-9,17H,6,10H2,1-5H3. The first-order chi connectivity index (χ1) is 9.54. The van der Waals surface area contributed by atoms with Gasteiger partial charge in [0.15, 0.2) is 0 Å². The minimum atomic E-state index is 0.774. The van der Waals surface area contributed by atoms with Gasteiger partial charge in [-0.3, -0.25) is 0 Å². The highest BCUT2D eigenvalue weighted by molar-refractivity contribution is 5.42. The molecule has 0 amide bonds. The number of ether oxygens (including phenoxy) is 1. The lowest BCUT2D eigenvalue weighted by Gasteiger charge is -2.12. The van der Waals surface area contributed by atoms with Crippen molar-refractivity contribution in [3.05, 3.63) is 40.6 Å². The van der Waals surface area contributed by atoms with Gasteiger partial charge in [0.1, 0.15) is 5.75 Å². The van der Waals surface area contributed by atoms with E-state index in [2.05, 4.69) is 37.3 Å². The van der Waals surface area contributed by atoms with Crippen LogP contribution in [0.3, 0.4) is 0 Å². The van der Waals surface area contributed by atoms with Gasteiger partial charge in [0, 0.05) is 13.6 Å². The average molecular weight is 273 g/mol. The summed E-state index contributed by atoms with van der Waals surface area (Å²) in [6.07, 6.45) is 0. The number of nitrogens with zero attached hydrogens (tertiary/aromatic N) is 2. The quantitative estimate of drug-likeness (QED) is 0.909. The van der Waals surface area contributed by atoms with E-state index in [4.69, 9.17) is 4.74 Å². The van der Waals surface area contributed by atoms with Gasteiger partial charge in [0.25, 0.3) is 0 Å². The third-order valence-electron chi connectivity index (χ3n) is 3.60. The predicted octanol–water partition coefficient (Wildman–Crippen LogP) is 3.25. The maximum absolute atomic E-state index is 6.13. The number of aromatic nitrogens is 2. The van der Waals surface area contributed by atoms with Gasteiger partial charge in [-0.05, 0) is 44.5 Å². The number of benzene rings is 1. The summed E-state index contributed by atoms with van der Waals surface area (Å²) in [7, 11) is 1.92. The smallest absolute Gasteiger partial charge is 0.222 e. The molecule has 0 fully saturated rings. The summed E-state index contributed by atoms with van der Waals surface area (Å²) in [5.74, 6) is 1.71. The third-order valence-corrected chi connectivity index (χ3v) is 3.60. The molecule has 1 N–H and O–H groups in total. The Balaban J connectivity index is 2.35. The maximum atomic E-state index is 6.13.